The zero-order valence-electron chi connectivity index (χ0n) is 8.31. The summed E-state index contributed by atoms with van der Waals surface area (Å²) in [6.07, 6.45) is 3.91. The molecule has 0 unspecified atom stereocenters. The van der Waals surface area contributed by atoms with Gasteiger partial charge in [-0.25, -0.2) is 4.68 Å². The first-order valence-electron chi connectivity index (χ1n) is 4.33. The molecule has 0 aromatic carbocycles. The second-order valence-corrected chi connectivity index (χ2v) is 3.60. The number of nitrogens with zero attached hydrogens (tertiary/aromatic N) is 4. The molecule has 0 bridgehead atoms. The summed E-state index contributed by atoms with van der Waals surface area (Å²) in [5.41, 5.74) is 1.20. The van der Waals surface area contributed by atoms with Crippen LogP contribution in [0.2, 0.25) is 5.02 Å². The lowest BCUT2D eigenvalue weighted by atomic mass is 10.3. The second kappa shape index (κ2) is 3.51. The Balaban J connectivity index is 2.66. The number of rotatable bonds is 2. The lowest BCUT2D eigenvalue weighted by molar-refractivity contribution is 0.112. The predicted molar refractivity (Wildman–Crippen MR) is 55.5 cm³/mol. The van der Waals surface area contributed by atoms with Crippen LogP contribution in [-0.4, -0.2) is 25.8 Å². The summed E-state index contributed by atoms with van der Waals surface area (Å²) in [5, 5.41) is 8.70. The van der Waals surface area contributed by atoms with E-state index in [2.05, 4.69) is 10.2 Å². The van der Waals surface area contributed by atoms with E-state index >= 15 is 0 Å². The molecular weight excluding hydrogens is 216 g/mol. The van der Waals surface area contributed by atoms with E-state index in [-0.39, 0.29) is 0 Å². The van der Waals surface area contributed by atoms with Crippen molar-refractivity contribution >= 4 is 17.9 Å². The van der Waals surface area contributed by atoms with Crippen molar-refractivity contribution in [2.24, 2.45) is 7.05 Å². The Kier molecular flexibility index (Phi) is 2.32. The van der Waals surface area contributed by atoms with Crippen molar-refractivity contribution in [3.05, 3.63) is 28.7 Å². The summed E-state index contributed by atoms with van der Waals surface area (Å²) in [6, 6.07) is 0. The van der Waals surface area contributed by atoms with Crippen molar-refractivity contribution in [2.45, 2.75) is 6.92 Å². The Labute approximate surface area is 91.3 Å². The average molecular weight is 225 g/mol. The Bertz CT molecular complexity index is 514. The molecule has 0 spiro atoms. The van der Waals surface area contributed by atoms with Crippen molar-refractivity contribution < 1.29 is 4.79 Å². The van der Waals surface area contributed by atoms with E-state index in [4.69, 9.17) is 11.6 Å². The van der Waals surface area contributed by atoms with Crippen molar-refractivity contribution in [1.29, 1.82) is 0 Å². The van der Waals surface area contributed by atoms with Crippen molar-refractivity contribution in [2.75, 3.05) is 0 Å². The highest BCUT2D eigenvalue weighted by Gasteiger charge is 2.14. The van der Waals surface area contributed by atoms with E-state index < -0.39 is 0 Å². The zero-order valence-corrected chi connectivity index (χ0v) is 9.06. The van der Waals surface area contributed by atoms with Gasteiger partial charge in [-0.15, -0.1) is 0 Å². The largest absolute Gasteiger partial charge is 0.298 e. The first-order chi connectivity index (χ1) is 7.13. The molecule has 2 rings (SSSR count). The smallest absolute Gasteiger partial charge is 0.162 e. The predicted octanol–water partition coefficient (Wildman–Crippen LogP) is 1.38. The molecule has 0 saturated carbocycles. The van der Waals surface area contributed by atoms with Crippen LogP contribution in [0.3, 0.4) is 0 Å². The molecule has 0 aliphatic heterocycles. The Morgan fingerprint density at radius 1 is 1.53 bits per heavy atom. The fraction of sp³-hybridized carbons (Fsp3) is 0.222. The standard InChI is InChI=1S/C9H9ClN4O/c1-6-8(5-15)9(13(2)12-6)14-4-7(10)3-11-14/h3-5H,1-2H3. The van der Waals surface area contributed by atoms with Crippen LogP contribution in [0.15, 0.2) is 12.4 Å². The molecule has 2 heterocycles. The molecule has 0 aliphatic carbocycles. The van der Waals surface area contributed by atoms with E-state index in [1.807, 2.05) is 0 Å². The fourth-order valence-electron chi connectivity index (χ4n) is 1.49. The molecule has 78 valence electrons. The maximum absolute atomic E-state index is 10.9. The SMILES string of the molecule is Cc1nn(C)c(-n2cc(Cl)cn2)c1C=O. The van der Waals surface area contributed by atoms with Gasteiger partial charge in [0.25, 0.3) is 0 Å². The van der Waals surface area contributed by atoms with Crippen molar-refractivity contribution in [3.8, 4) is 5.82 Å². The first-order valence-corrected chi connectivity index (χ1v) is 4.70. The first kappa shape index (κ1) is 9.92. The topological polar surface area (TPSA) is 52.7 Å². The van der Waals surface area contributed by atoms with Crippen LogP contribution in [0.25, 0.3) is 5.82 Å². The molecule has 6 heteroatoms. The lowest BCUT2D eigenvalue weighted by Gasteiger charge is -2.01. The molecule has 0 amide bonds. The highest BCUT2D eigenvalue weighted by Crippen LogP contribution is 2.17. The zero-order chi connectivity index (χ0) is 11.0. The molecule has 0 fully saturated rings. The van der Waals surface area contributed by atoms with Crippen LogP contribution in [0.5, 0.6) is 0 Å². The summed E-state index contributed by atoms with van der Waals surface area (Å²) in [5.74, 6) is 0.620. The minimum atomic E-state index is 0.519. The molecule has 15 heavy (non-hydrogen) atoms. The Morgan fingerprint density at radius 2 is 2.27 bits per heavy atom. The summed E-state index contributed by atoms with van der Waals surface area (Å²) >= 11 is 5.76. The van der Waals surface area contributed by atoms with E-state index in [1.54, 1.807) is 24.9 Å². The quantitative estimate of drug-likeness (QED) is 0.725. The summed E-state index contributed by atoms with van der Waals surface area (Å²) in [6.45, 7) is 1.78. The lowest BCUT2D eigenvalue weighted by Crippen LogP contribution is -2.05. The minimum absolute atomic E-state index is 0.519. The van der Waals surface area contributed by atoms with Gasteiger partial charge in [-0.1, -0.05) is 11.6 Å². The van der Waals surface area contributed by atoms with Gasteiger partial charge in [-0.3, -0.25) is 9.48 Å². The summed E-state index contributed by atoms with van der Waals surface area (Å²) in [4.78, 5) is 10.9. The normalized spacial score (nSPS) is 10.6. The fourth-order valence-corrected chi connectivity index (χ4v) is 1.62. The Morgan fingerprint density at radius 3 is 2.80 bits per heavy atom. The van der Waals surface area contributed by atoms with Gasteiger partial charge in [-0.2, -0.15) is 10.2 Å². The van der Waals surface area contributed by atoms with E-state index in [0.717, 1.165) is 6.29 Å². The maximum atomic E-state index is 10.9. The average Bonchev–Trinajstić information content (AvgIpc) is 2.70. The molecule has 0 saturated heterocycles. The third kappa shape index (κ3) is 1.55. The van der Waals surface area contributed by atoms with Crippen LogP contribution in [0.1, 0.15) is 16.1 Å². The molecule has 2 aromatic heterocycles. The van der Waals surface area contributed by atoms with Crippen LogP contribution in [-0.2, 0) is 7.05 Å². The number of halogens is 1. The van der Waals surface area contributed by atoms with Gasteiger partial charge < -0.3 is 0 Å². The van der Waals surface area contributed by atoms with E-state index in [0.29, 0.717) is 22.1 Å². The number of carbonyl (C=O) groups excluding carboxylic acids is 1. The highest BCUT2D eigenvalue weighted by atomic mass is 35.5. The van der Waals surface area contributed by atoms with Crippen LogP contribution >= 0.6 is 11.6 Å². The van der Waals surface area contributed by atoms with Crippen molar-refractivity contribution in [1.82, 2.24) is 19.6 Å². The molecule has 0 atom stereocenters. The van der Waals surface area contributed by atoms with E-state index in [1.165, 1.54) is 10.9 Å². The van der Waals surface area contributed by atoms with Gasteiger partial charge in [0.05, 0.1) is 28.7 Å². The Hall–Kier alpha value is -1.62. The minimum Gasteiger partial charge on any atom is -0.298 e. The second-order valence-electron chi connectivity index (χ2n) is 3.17. The van der Waals surface area contributed by atoms with Crippen LogP contribution in [0, 0.1) is 6.92 Å². The number of carbonyl (C=O) groups is 1. The number of hydrogen-bond donors (Lipinski definition) is 0. The number of aryl methyl sites for hydroxylation is 2. The van der Waals surface area contributed by atoms with Gasteiger partial charge in [-0.05, 0) is 6.92 Å². The van der Waals surface area contributed by atoms with Crippen LogP contribution in [0.4, 0.5) is 0 Å². The monoisotopic (exact) mass is 224 g/mol. The summed E-state index contributed by atoms with van der Waals surface area (Å²) < 4.78 is 3.13. The number of aromatic nitrogens is 4. The maximum Gasteiger partial charge on any atom is 0.162 e. The van der Waals surface area contributed by atoms with E-state index in [9.17, 15) is 4.79 Å². The van der Waals surface area contributed by atoms with Crippen LogP contribution < -0.4 is 0 Å². The third-order valence-electron chi connectivity index (χ3n) is 2.12. The van der Waals surface area contributed by atoms with Gasteiger partial charge in [0.15, 0.2) is 12.1 Å². The molecule has 0 radical (unpaired) electrons. The van der Waals surface area contributed by atoms with Gasteiger partial charge in [0.2, 0.25) is 0 Å². The molecule has 0 aliphatic rings. The number of aldehydes is 1. The third-order valence-corrected chi connectivity index (χ3v) is 2.32. The van der Waals surface area contributed by atoms with Gasteiger partial charge in [0.1, 0.15) is 0 Å². The highest BCUT2D eigenvalue weighted by molar-refractivity contribution is 6.30. The summed E-state index contributed by atoms with van der Waals surface area (Å²) in [7, 11) is 1.75. The molecule has 5 nitrogen and oxygen atoms in total. The molecule has 0 N–H and O–H groups in total. The molecular formula is C9H9ClN4O. The number of hydrogen-bond acceptors (Lipinski definition) is 3. The van der Waals surface area contributed by atoms with Crippen molar-refractivity contribution in [3.63, 3.8) is 0 Å². The van der Waals surface area contributed by atoms with Gasteiger partial charge >= 0.3 is 0 Å². The molecule has 2 aromatic rings. The van der Waals surface area contributed by atoms with Gasteiger partial charge in [0, 0.05) is 7.05 Å².